The van der Waals surface area contributed by atoms with E-state index in [0.29, 0.717) is 17.5 Å². The van der Waals surface area contributed by atoms with Gasteiger partial charge in [0.1, 0.15) is 0 Å². The molecule has 1 heterocycles. The molecular formula is C16H20ClN3OS. The quantitative estimate of drug-likeness (QED) is 0.816. The van der Waals surface area contributed by atoms with Crippen LogP contribution in [-0.2, 0) is 4.79 Å². The van der Waals surface area contributed by atoms with Gasteiger partial charge in [-0.1, -0.05) is 37.2 Å². The summed E-state index contributed by atoms with van der Waals surface area (Å²) in [6, 6.07) is 7.53. The van der Waals surface area contributed by atoms with Crippen molar-refractivity contribution in [3.63, 3.8) is 0 Å². The molecule has 1 N–H and O–H groups in total. The maximum atomic E-state index is 12.1. The molecule has 0 aliphatic heterocycles. The number of nitrogens with zero attached hydrogens (tertiary/aromatic N) is 2. The van der Waals surface area contributed by atoms with Crippen LogP contribution < -0.4 is 5.32 Å². The van der Waals surface area contributed by atoms with E-state index in [2.05, 4.69) is 24.1 Å². The summed E-state index contributed by atoms with van der Waals surface area (Å²) in [7, 11) is 0. The van der Waals surface area contributed by atoms with Crippen molar-refractivity contribution in [2.75, 3.05) is 6.54 Å². The van der Waals surface area contributed by atoms with E-state index >= 15 is 0 Å². The van der Waals surface area contributed by atoms with Crippen molar-refractivity contribution in [1.82, 2.24) is 14.9 Å². The number of benzene rings is 1. The molecule has 1 atom stereocenters. The Kier molecular flexibility index (Phi) is 5.91. The van der Waals surface area contributed by atoms with Crippen molar-refractivity contribution >= 4 is 29.3 Å². The molecule has 0 radical (unpaired) electrons. The first kappa shape index (κ1) is 16.9. The zero-order valence-electron chi connectivity index (χ0n) is 12.9. The van der Waals surface area contributed by atoms with Gasteiger partial charge in [0.25, 0.3) is 0 Å². The average Bonchev–Trinajstić information content (AvgIpc) is 2.93. The van der Waals surface area contributed by atoms with Gasteiger partial charge in [0.05, 0.1) is 5.25 Å². The molecule has 0 spiro atoms. The monoisotopic (exact) mass is 337 g/mol. The van der Waals surface area contributed by atoms with Gasteiger partial charge in [-0.3, -0.25) is 9.36 Å². The highest BCUT2D eigenvalue weighted by molar-refractivity contribution is 8.00. The molecule has 118 valence electrons. The van der Waals surface area contributed by atoms with Gasteiger partial charge >= 0.3 is 0 Å². The highest BCUT2D eigenvalue weighted by Crippen LogP contribution is 2.25. The number of carbonyl (C=O) groups excluding carboxylic acids is 1. The second-order valence-electron chi connectivity index (χ2n) is 5.46. The van der Waals surface area contributed by atoms with Crippen molar-refractivity contribution in [3.05, 3.63) is 41.7 Å². The van der Waals surface area contributed by atoms with Gasteiger partial charge in [-0.25, -0.2) is 4.98 Å². The second kappa shape index (κ2) is 7.70. The summed E-state index contributed by atoms with van der Waals surface area (Å²) in [6.45, 7) is 6.73. The molecule has 6 heteroatoms. The van der Waals surface area contributed by atoms with Crippen molar-refractivity contribution in [2.45, 2.75) is 31.2 Å². The van der Waals surface area contributed by atoms with E-state index in [1.54, 1.807) is 6.20 Å². The summed E-state index contributed by atoms with van der Waals surface area (Å²) < 4.78 is 1.95. The summed E-state index contributed by atoms with van der Waals surface area (Å²) >= 11 is 7.36. The molecule has 0 unspecified atom stereocenters. The Morgan fingerprint density at radius 1 is 1.32 bits per heavy atom. The van der Waals surface area contributed by atoms with Crippen molar-refractivity contribution < 1.29 is 4.79 Å². The van der Waals surface area contributed by atoms with Crippen LogP contribution in [0.3, 0.4) is 0 Å². The van der Waals surface area contributed by atoms with Crippen molar-refractivity contribution in [1.29, 1.82) is 0 Å². The van der Waals surface area contributed by atoms with E-state index in [0.717, 1.165) is 10.8 Å². The Balaban J connectivity index is 2.06. The number of halogens is 1. The molecule has 0 saturated carbocycles. The van der Waals surface area contributed by atoms with Crippen LogP contribution in [0.1, 0.15) is 20.8 Å². The first-order valence-corrected chi connectivity index (χ1v) is 8.46. The van der Waals surface area contributed by atoms with Crippen LogP contribution in [-0.4, -0.2) is 27.3 Å². The van der Waals surface area contributed by atoms with Crippen molar-refractivity contribution in [2.24, 2.45) is 5.92 Å². The van der Waals surface area contributed by atoms with Gasteiger partial charge in [0.15, 0.2) is 5.16 Å². The topological polar surface area (TPSA) is 46.9 Å². The Morgan fingerprint density at radius 3 is 2.64 bits per heavy atom. The molecule has 0 saturated heterocycles. The fraction of sp³-hybridized carbons (Fsp3) is 0.375. The average molecular weight is 338 g/mol. The normalized spacial score (nSPS) is 12.4. The van der Waals surface area contributed by atoms with E-state index < -0.39 is 0 Å². The third kappa shape index (κ3) is 4.52. The minimum atomic E-state index is -0.202. The predicted octanol–water partition coefficient (Wildman–Crippen LogP) is 3.78. The maximum Gasteiger partial charge on any atom is 0.233 e. The van der Waals surface area contributed by atoms with Gasteiger partial charge in [0, 0.05) is 29.6 Å². The van der Waals surface area contributed by atoms with Gasteiger partial charge in [-0.2, -0.15) is 0 Å². The molecule has 1 aromatic carbocycles. The lowest BCUT2D eigenvalue weighted by Crippen LogP contribution is -2.33. The van der Waals surface area contributed by atoms with E-state index in [4.69, 9.17) is 11.6 Å². The highest BCUT2D eigenvalue weighted by Gasteiger charge is 2.17. The van der Waals surface area contributed by atoms with Gasteiger partial charge in [-0.15, -0.1) is 0 Å². The maximum absolute atomic E-state index is 12.1. The molecule has 22 heavy (non-hydrogen) atoms. The molecule has 1 amide bonds. The Bertz CT molecular complexity index is 625. The molecule has 0 aliphatic rings. The SMILES string of the molecule is CC(C)CNC(=O)[C@H](C)Sc1nccn1-c1ccc(Cl)cc1. The zero-order valence-corrected chi connectivity index (χ0v) is 14.5. The fourth-order valence-corrected chi connectivity index (χ4v) is 2.87. The van der Waals surface area contributed by atoms with Crippen LogP contribution in [0.25, 0.3) is 5.69 Å². The van der Waals surface area contributed by atoms with Crippen LogP contribution in [0.5, 0.6) is 0 Å². The van der Waals surface area contributed by atoms with E-state index in [9.17, 15) is 4.79 Å². The minimum absolute atomic E-state index is 0.0318. The van der Waals surface area contributed by atoms with Gasteiger partial charge in [-0.05, 0) is 37.1 Å². The van der Waals surface area contributed by atoms with Crippen LogP contribution in [0.2, 0.25) is 5.02 Å². The summed E-state index contributed by atoms with van der Waals surface area (Å²) in [5, 5.41) is 4.23. The number of hydrogen-bond donors (Lipinski definition) is 1. The van der Waals surface area contributed by atoms with Crippen LogP contribution >= 0.6 is 23.4 Å². The number of thioether (sulfide) groups is 1. The standard InChI is InChI=1S/C16H20ClN3OS/c1-11(2)10-19-15(21)12(3)22-16-18-8-9-20(16)14-6-4-13(17)5-7-14/h4-9,11-12H,10H2,1-3H3,(H,19,21)/t12-/m0/s1. The molecule has 1 aromatic heterocycles. The zero-order chi connectivity index (χ0) is 16.1. The Labute approximate surface area is 140 Å². The molecule has 0 aliphatic carbocycles. The lowest BCUT2D eigenvalue weighted by atomic mass is 10.2. The molecule has 2 rings (SSSR count). The molecular weight excluding hydrogens is 318 g/mol. The largest absolute Gasteiger partial charge is 0.355 e. The number of imidazole rings is 1. The minimum Gasteiger partial charge on any atom is -0.355 e. The second-order valence-corrected chi connectivity index (χ2v) is 7.20. The van der Waals surface area contributed by atoms with E-state index in [-0.39, 0.29) is 11.2 Å². The Hall–Kier alpha value is -1.46. The lowest BCUT2D eigenvalue weighted by Gasteiger charge is -2.14. The van der Waals surface area contributed by atoms with E-state index in [1.165, 1.54) is 11.8 Å². The van der Waals surface area contributed by atoms with Crippen molar-refractivity contribution in [3.8, 4) is 5.69 Å². The van der Waals surface area contributed by atoms with Gasteiger partial charge < -0.3 is 5.32 Å². The first-order chi connectivity index (χ1) is 10.5. The van der Waals surface area contributed by atoms with Crippen LogP contribution in [0, 0.1) is 5.92 Å². The number of rotatable bonds is 6. The molecule has 0 fully saturated rings. The summed E-state index contributed by atoms with van der Waals surface area (Å²) in [4.78, 5) is 16.4. The fourth-order valence-electron chi connectivity index (χ4n) is 1.84. The summed E-state index contributed by atoms with van der Waals surface area (Å²) in [6.07, 6.45) is 3.61. The molecule has 4 nitrogen and oxygen atoms in total. The van der Waals surface area contributed by atoms with Crippen LogP contribution in [0.4, 0.5) is 0 Å². The lowest BCUT2D eigenvalue weighted by molar-refractivity contribution is -0.120. The predicted molar refractivity (Wildman–Crippen MR) is 91.7 cm³/mol. The van der Waals surface area contributed by atoms with E-state index in [1.807, 2.05) is 42.0 Å². The third-order valence-corrected chi connectivity index (χ3v) is 4.38. The third-order valence-electron chi connectivity index (χ3n) is 3.05. The summed E-state index contributed by atoms with van der Waals surface area (Å²) in [5.74, 6) is 0.474. The number of nitrogens with one attached hydrogen (secondary N) is 1. The number of aromatic nitrogens is 2. The van der Waals surface area contributed by atoms with Gasteiger partial charge in [0.2, 0.25) is 5.91 Å². The smallest absolute Gasteiger partial charge is 0.233 e. The molecule has 2 aromatic rings. The number of carbonyl (C=O) groups is 1. The summed E-state index contributed by atoms with van der Waals surface area (Å²) in [5.41, 5.74) is 0.971. The number of hydrogen-bond acceptors (Lipinski definition) is 3. The first-order valence-electron chi connectivity index (χ1n) is 7.21. The van der Waals surface area contributed by atoms with Crippen LogP contribution in [0.15, 0.2) is 41.8 Å². The Morgan fingerprint density at radius 2 is 2.00 bits per heavy atom. The number of amides is 1. The highest BCUT2D eigenvalue weighted by atomic mass is 35.5. The molecule has 0 bridgehead atoms.